The quantitative estimate of drug-likeness (QED) is 0.597. The fraction of sp³-hybridized carbons (Fsp3) is 0.125. The van der Waals surface area contributed by atoms with E-state index in [1.165, 1.54) is 6.92 Å². The number of nitrogens with zero attached hydrogens (tertiary/aromatic N) is 1. The van der Waals surface area contributed by atoms with Gasteiger partial charge in [-0.25, -0.2) is 4.79 Å². The Hall–Kier alpha value is -4.11. The molecule has 0 fully saturated rings. The van der Waals surface area contributed by atoms with Crippen molar-refractivity contribution in [1.29, 1.82) is 5.26 Å². The molecule has 0 aliphatic heterocycles. The highest BCUT2D eigenvalue weighted by Gasteiger charge is 2.19. The number of nitriles is 1. The molecule has 0 bridgehead atoms. The van der Waals surface area contributed by atoms with Crippen LogP contribution in [0.3, 0.4) is 0 Å². The number of rotatable bonds is 7. The Morgan fingerprint density at radius 2 is 1.73 bits per heavy atom. The van der Waals surface area contributed by atoms with Crippen molar-refractivity contribution in [2.45, 2.75) is 19.6 Å². The highest BCUT2D eigenvalue weighted by atomic mass is 16.5. The van der Waals surface area contributed by atoms with Crippen molar-refractivity contribution < 1.29 is 19.1 Å². The molecule has 3 aromatic carbocycles. The van der Waals surface area contributed by atoms with Crippen LogP contribution < -0.4 is 10.1 Å². The minimum absolute atomic E-state index is 0.313. The van der Waals surface area contributed by atoms with Gasteiger partial charge < -0.3 is 14.8 Å². The van der Waals surface area contributed by atoms with Gasteiger partial charge in [0.05, 0.1) is 17.2 Å². The molecule has 0 aliphatic carbocycles. The third kappa shape index (κ3) is 5.69. The van der Waals surface area contributed by atoms with Crippen molar-refractivity contribution in [3.8, 4) is 11.8 Å². The summed E-state index contributed by atoms with van der Waals surface area (Å²) >= 11 is 0. The normalized spacial score (nSPS) is 11.1. The highest BCUT2D eigenvalue weighted by Crippen LogP contribution is 2.16. The summed E-state index contributed by atoms with van der Waals surface area (Å²) in [5.41, 5.74) is 2.24. The number of hydrogen-bond acceptors (Lipinski definition) is 5. The van der Waals surface area contributed by atoms with Gasteiger partial charge in [-0.3, -0.25) is 4.79 Å². The lowest BCUT2D eigenvalue weighted by molar-refractivity contribution is -0.123. The maximum atomic E-state index is 12.3. The van der Waals surface area contributed by atoms with Crippen molar-refractivity contribution in [3.05, 3.63) is 95.6 Å². The van der Waals surface area contributed by atoms with Gasteiger partial charge in [-0.1, -0.05) is 36.4 Å². The molecule has 0 radical (unpaired) electrons. The monoisotopic (exact) mass is 400 g/mol. The van der Waals surface area contributed by atoms with Crippen LogP contribution in [0.2, 0.25) is 0 Å². The Bertz CT molecular complexity index is 1060. The largest absolute Gasteiger partial charge is 0.489 e. The van der Waals surface area contributed by atoms with E-state index >= 15 is 0 Å². The second-order valence-electron chi connectivity index (χ2n) is 6.53. The highest BCUT2D eigenvalue weighted by molar-refractivity contribution is 5.97. The van der Waals surface area contributed by atoms with E-state index in [0.29, 0.717) is 29.2 Å². The van der Waals surface area contributed by atoms with Crippen LogP contribution in [0.15, 0.2) is 78.9 Å². The van der Waals surface area contributed by atoms with Gasteiger partial charge >= 0.3 is 5.97 Å². The molecular formula is C24H20N2O4. The minimum Gasteiger partial charge on any atom is -0.489 e. The minimum atomic E-state index is -1.00. The number of esters is 1. The van der Waals surface area contributed by atoms with Gasteiger partial charge in [-0.15, -0.1) is 0 Å². The van der Waals surface area contributed by atoms with Crippen LogP contribution >= 0.6 is 0 Å². The second kappa shape index (κ2) is 9.89. The van der Waals surface area contributed by atoms with Gasteiger partial charge in [0.25, 0.3) is 5.91 Å². The molecule has 0 aliphatic rings. The Kier molecular flexibility index (Phi) is 6.80. The van der Waals surface area contributed by atoms with Crippen LogP contribution in [0.4, 0.5) is 5.69 Å². The molecule has 6 nitrogen and oxygen atoms in total. The first-order chi connectivity index (χ1) is 14.5. The number of hydrogen-bond donors (Lipinski definition) is 1. The summed E-state index contributed by atoms with van der Waals surface area (Å²) in [5.74, 6) is -0.474. The van der Waals surface area contributed by atoms with Crippen molar-refractivity contribution in [2.24, 2.45) is 0 Å². The fourth-order valence-corrected chi connectivity index (χ4v) is 2.62. The Balaban J connectivity index is 1.53. The summed E-state index contributed by atoms with van der Waals surface area (Å²) in [5, 5.41) is 11.5. The van der Waals surface area contributed by atoms with E-state index < -0.39 is 18.0 Å². The molecule has 0 spiro atoms. The van der Waals surface area contributed by atoms with Gasteiger partial charge in [0.2, 0.25) is 0 Å². The molecule has 1 N–H and O–H groups in total. The molecule has 6 heteroatoms. The van der Waals surface area contributed by atoms with Crippen LogP contribution in [0, 0.1) is 11.3 Å². The molecular weight excluding hydrogens is 380 g/mol. The van der Waals surface area contributed by atoms with Crippen LogP contribution in [-0.4, -0.2) is 18.0 Å². The van der Waals surface area contributed by atoms with Crippen molar-refractivity contribution in [3.63, 3.8) is 0 Å². The van der Waals surface area contributed by atoms with Gasteiger partial charge in [0, 0.05) is 5.69 Å². The van der Waals surface area contributed by atoms with E-state index in [1.54, 1.807) is 48.5 Å². The molecule has 0 aromatic heterocycles. The molecule has 3 rings (SSSR count). The summed E-state index contributed by atoms with van der Waals surface area (Å²) in [6.07, 6.45) is -1.00. The number of anilines is 1. The van der Waals surface area contributed by atoms with Crippen molar-refractivity contribution in [1.82, 2.24) is 0 Å². The molecule has 0 saturated heterocycles. The van der Waals surface area contributed by atoms with Gasteiger partial charge in [0.1, 0.15) is 12.4 Å². The Labute approximate surface area is 174 Å². The standard InChI is InChI=1S/C24H20N2O4/c1-17(23(27)26-21-9-5-8-19(14-21)15-25)30-24(28)20-10-12-22(13-11-20)29-16-18-6-3-2-4-7-18/h2-14,17H,16H2,1H3,(H,26,27)/t17-/m0/s1. The lowest BCUT2D eigenvalue weighted by atomic mass is 10.2. The first kappa shape index (κ1) is 20.6. The first-order valence-electron chi connectivity index (χ1n) is 9.34. The van der Waals surface area contributed by atoms with Crippen LogP contribution in [0.5, 0.6) is 5.75 Å². The van der Waals surface area contributed by atoms with Crippen molar-refractivity contribution >= 4 is 17.6 Å². The number of amides is 1. The van der Waals surface area contributed by atoms with Gasteiger partial charge in [-0.2, -0.15) is 5.26 Å². The average molecular weight is 400 g/mol. The summed E-state index contributed by atoms with van der Waals surface area (Å²) < 4.78 is 10.9. The summed E-state index contributed by atoms with van der Waals surface area (Å²) in [7, 11) is 0. The second-order valence-corrected chi connectivity index (χ2v) is 6.53. The maximum Gasteiger partial charge on any atom is 0.338 e. The lowest BCUT2D eigenvalue weighted by Gasteiger charge is -2.14. The summed E-state index contributed by atoms with van der Waals surface area (Å²) in [6.45, 7) is 1.91. The molecule has 0 unspecified atom stereocenters. The van der Waals surface area contributed by atoms with Crippen molar-refractivity contribution in [2.75, 3.05) is 5.32 Å². The predicted octanol–water partition coefficient (Wildman–Crippen LogP) is 4.32. The Morgan fingerprint density at radius 1 is 1.00 bits per heavy atom. The zero-order valence-electron chi connectivity index (χ0n) is 16.4. The number of nitrogens with one attached hydrogen (secondary N) is 1. The number of carbonyl (C=O) groups is 2. The molecule has 1 atom stereocenters. The maximum absolute atomic E-state index is 12.3. The smallest absolute Gasteiger partial charge is 0.338 e. The summed E-state index contributed by atoms with van der Waals surface area (Å²) in [6, 6.07) is 24.8. The van der Waals surface area contributed by atoms with E-state index in [2.05, 4.69) is 5.32 Å². The molecule has 30 heavy (non-hydrogen) atoms. The molecule has 3 aromatic rings. The van der Waals surface area contributed by atoms with Gasteiger partial charge in [0.15, 0.2) is 6.10 Å². The molecule has 0 saturated carbocycles. The third-order valence-electron chi connectivity index (χ3n) is 4.25. The number of carbonyl (C=O) groups excluding carboxylic acids is 2. The lowest BCUT2D eigenvalue weighted by Crippen LogP contribution is -2.30. The zero-order valence-corrected chi connectivity index (χ0v) is 16.4. The number of benzene rings is 3. The number of ether oxygens (including phenoxy) is 2. The van der Waals surface area contributed by atoms with Crippen LogP contribution in [0.1, 0.15) is 28.4 Å². The van der Waals surface area contributed by atoms with E-state index in [4.69, 9.17) is 14.7 Å². The van der Waals surface area contributed by atoms with Crippen LogP contribution in [0.25, 0.3) is 0 Å². The third-order valence-corrected chi connectivity index (χ3v) is 4.25. The molecule has 1 amide bonds. The molecule has 150 valence electrons. The fourth-order valence-electron chi connectivity index (χ4n) is 2.62. The van der Waals surface area contributed by atoms with E-state index in [1.807, 2.05) is 36.4 Å². The zero-order chi connectivity index (χ0) is 21.3. The topological polar surface area (TPSA) is 88.4 Å². The predicted molar refractivity (Wildman–Crippen MR) is 112 cm³/mol. The van der Waals surface area contributed by atoms with Gasteiger partial charge in [-0.05, 0) is 55.0 Å². The SMILES string of the molecule is C[C@H](OC(=O)c1ccc(OCc2ccccc2)cc1)C(=O)Nc1cccc(C#N)c1. The van der Waals surface area contributed by atoms with E-state index in [0.717, 1.165) is 5.56 Å². The summed E-state index contributed by atoms with van der Waals surface area (Å²) in [4.78, 5) is 24.6. The Morgan fingerprint density at radius 3 is 2.43 bits per heavy atom. The van der Waals surface area contributed by atoms with Crippen LogP contribution in [-0.2, 0) is 16.1 Å². The van der Waals surface area contributed by atoms with E-state index in [9.17, 15) is 9.59 Å². The van der Waals surface area contributed by atoms with E-state index in [-0.39, 0.29) is 0 Å². The first-order valence-corrected chi connectivity index (χ1v) is 9.34. The average Bonchev–Trinajstić information content (AvgIpc) is 2.78. The molecule has 0 heterocycles.